The number of carbonyl (C=O) groups is 1. The van der Waals surface area contributed by atoms with Gasteiger partial charge in [-0.15, -0.1) is 10.2 Å². The molecule has 8 nitrogen and oxygen atoms in total. The second kappa shape index (κ2) is 6.18. The van der Waals surface area contributed by atoms with Crippen LogP contribution in [-0.4, -0.2) is 55.2 Å². The highest BCUT2D eigenvalue weighted by Gasteiger charge is 2.33. The molecule has 2 aromatic heterocycles. The zero-order chi connectivity index (χ0) is 16.5. The maximum atomic E-state index is 11.9. The summed E-state index contributed by atoms with van der Waals surface area (Å²) in [6.45, 7) is 4.87. The molecule has 0 spiro atoms. The number of hydrogen-bond donors (Lipinski definition) is 0. The molecule has 4 rings (SSSR count). The third-order valence-corrected chi connectivity index (χ3v) is 4.85. The van der Waals surface area contributed by atoms with E-state index >= 15 is 0 Å². The van der Waals surface area contributed by atoms with Crippen molar-refractivity contribution >= 4 is 11.9 Å². The van der Waals surface area contributed by atoms with E-state index in [1.807, 2.05) is 11.0 Å². The fourth-order valence-corrected chi connectivity index (χ4v) is 3.66. The lowest BCUT2D eigenvalue weighted by atomic mass is 10.2. The molecule has 4 heterocycles. The van der Waals surface area contributed by atoms with E-state index < -0.39 is 0 Å². The van der Waals surface area contributed by atoms with Crippen LogP contribution >= 0.6 is 0 Å². The van der Waals surface area contributed by atoms with Gasteiger partial charge in [-0.3, -0.25) is 4.79 Å². The summed E-state index contributed by atoms with van der Waals surface area (Å²) in [5.74, 6) is 2.78. The molecule has 126 valence electrons. The van der Waals surface area contributed by atoms with Crippen molar-refractivity contribution in [3.63, 3.8) is 0 Å². The summed E-state index contributed by atoms with van der Waals surface area (Å²) in [5.41, 5.74) is 0. The second-order valence-electron chi connectivity index (χ2n) is 6.28. The molecule has 2 aliphatic heterocycles. The normalized spacial score (nSPS) is 20.8. The summed E-state index contributed by atoms with van der Waals surface area (Å²) in [5, 5.41) is 8.81. The summed E-state index contributed by atoms with van der Waals surface area (Å²) in [4.78, 5) is 24.6. The van der Waals surface area contributed by atoms with Gasteiger partial charge in [-0.2, -0.15) is 0 Å². The highest BCUT2D eigenvalue weighted by Crippen LogP contribution is 2.31. The number of hydrogen-bond acceptors (Lipinski definition) is 6. The van der Waals surface area contributed by atoms with Gasteiger partial charge in [0.1, 0.15) is 5.82 Å². The minimum Gasteiger partial charge on any atom is -0.339 e. The van der Waals surface area contributed by atoms with E-state index in [0.29, 0.717) is 0 Å². The van der Waals surface area contributed by atoms with Crippen LogP contribution in [0.5, 0.6) is 0 Å². The number of aromatic nitrogens is 5. The summed E-state index contributed by atoms with van der Waals surface area (Å²) in [6.07, 6.45) is 6.32. The molecule has 0 bridgehead atoms. The number of fused-ring (bicyclic) bond motifs is 1. The minimum absolute atomic E-state index is 0.0586. The second-order valence-corrected chi connectivity index (χ2v) is 6.28. The minimum atomic E-state index is 0.0586. The molecule has 0 aliphatic carbocycles. The van der Waals surface area contributed by atoms with Gasteiger partial charge < -0.3 is 14.4 Å². The third kappa shape index (κ3) is 2.61. The van der Waals surface area contributed by atoms with Gasteiger partial charge >= 0.3 is 0 Å². The van der Waals surface area contributed by atoms with Crippen molar-refractivity contribution in [2.24, 2.45) is 0 Å². The van der Waals surface area contributed by atoms with Crippen molar-refractivity contribution in [3.8, 4) is 0 Å². The van der Waals surface area contributed by atoms with E-state index in [0.717, 1.165) is 63.0 Å². The zero-order valence-corrected chi connectivity index (χ0v) is 13.8. The Kier molecular flexibility index (Phi) is 3.87. The lowest BCUT2D eigenvalue weighted by Gasteiger charge is -2.23. The van der Waals surface area contributed by atoms with Crippen molar-refractivity contribution in [2.45, 2.75) is 38.8 Å². The molecule has 2 aromatic rings. The predicted molar refractivity (Wildman–Crippen MR) is 87.3 cm³/mol. The van der Waals surface area contributed by atoms with Crippen molar-refractivity contribution < 1.29 is 4.79 Å². The molecule has 24 heavy (non-hydrogen) atoms. The Morgan fingerprint density at radius 1 is 1.12 bits per heavy atom. The first-order chi connectivity index (χ1) is 11.7. The van der Waals surface area contributed by atoms with E-state index in [1.165, 1.54) is 0 Å². The zero-order valence-electron chi connectivity index (χ0n) is 13.8. The van der Waals surface area contributed by atoms with Crippen LogP contribution in [0.3, 0.4) is 0 Å². The lowest BCUT2D eigenvalue weighted by Crippen LogP contribution is -2.31. The SMILES string of the molecule is CC(=O)N1CCCC1c1nnc2n1CCN(c1ncccn1)CC2. The molecule has 0 N–H and O–H groups in total. The van der Waals surface area contributed by atoms with Gasteiger partial charge in [0.25, 0.3) is 0 Å². The van der Waals surface area contributed by atoms with Crippen molar-refractivity contribution in [2.75, 3.05) is 24.5 Å². The predicted octanol–water partition coefficient (Wildman–Crippen LogP) is 0.814. The van der Waals surface area contributed by atoms with Crippen LogP contribution in [0.4, 0.5) is 5.95 Å². The Morgan fingerprint density at radius 3 is 2.75 bits per heavy atom. The van der Waals surface area contributed by atoms with Gasteiger partial charge in [0.2, 0.25) is 11.9 Å². The average molecular weight is 327 g/mol. The first kappa shape index (κ1) is 15.0. The number of nitrogens with zero attached hydrogens (tertiary/aromatic N) is 7. The average Bonchev–Trinajstić information content (AvgIpc) is 3.18. The summed E-state index contributed by atoms with van der Waals surface area (Å²) in [7, 11) is 0. The fourth-order valence-electron chi connectivity index (χ4n) is 3.66. The Hall–Kier alpha value is -2.51. The largest absolute Gasteiger partial charge is 0.339 e. The van der Waals surface area contributed by atoms with Gasteiger partial charge in [-0.05, 0) is 18.9 Å². The molecule has 0 saturated carbocycles. The number of likely N-dealkylation sites (tertiary alicyclic amines) is 1. The van der Waals surface area contributed by atoms with Crippen LogP contribution in [0.2, 0.25) is 0 Å². The van der Waals surface area contributed by atoms with Crippen LogP contribution in [0.15, 0.2) is 18.5 Å². The van der Waals surface area contributed by atoms with Gasteiger partial charge in [0, 0.05) is 51.9 Å². The van der Waals surface area contributed by atoms with E-state index in [1.54, 1.807) is 19.3 Å². The monoisotopic (exact) mass is 327 g/mol. The highest BCUT2D eigenvalue weighted by molar-refractivity contribution is 5.74. The number of rotatable bonds is 2. The maximum Gasteiger partial charge on any atom is 0.225 e. The van der Waals surface area contributed by atoms with Gasteiger partial charge in [-0.25, -0.2) is 9.97 Å². The van der Waals surface area contributed by atoms with Gasteiger partial charge in [-0.1, -0.05) is 0 Å². The first-order valence-corrected chi connectivity index (χ1v) is 8.45. The molecule has 0 radical (unpaired) electrons. The smallest absolute Gasteiger partial charge is 0.225 e. The summed E-state index contributed by atoms with van der Waals surface area (Å²) in [6, 6.07) is 1.88. The van der Waals surface area contributed by atoms with Crippen LogP contribution < -0.4 is 4.90 Å². The number of carbonyl (C=O) groups excluding carboxylic acids is 1. The molecule has 0 aromatic carbocycles. The molecular formula is C16H21N7O. The maximum absolute atomic E-state index is 11.9. The van der Waals surface area contributed by atoms with E-state index in [2.05, 4.69) is 29.6 Å². The molecule has 1 atom stereocenters. The molecule has 8 heteroatoms. The Labute approximate surface area is 140 Å². The lowest BCUT2D eigenvalue weighted by molar-refractivity contribution is -0.129. The molecule has 1 fully saturated rings. The number of anilines is 1. The van der Waals surface area contributed by atoms with Gasteiger partial charge in [0.05, 0.1) is 6.04 Å². The quantitative estimate of drug-likeness (QED) is 0.812. The molecule has 2 aliphatic rings. The third-order valence-electron chi connectivity index (χ3n) is 4.85. The molecule has 1 amide bonds. The highest BCUT2D eigenvalue weighted by atomic mass is 16.2. The first-order valence-electron chi connectivity index (χ1n) is 8.45. The number of amides is 1. The van der Waals surface area contributed by atoms with Crippen LogP contribution in [-0.2, 0) is 17.8 Å². The Bertz CT molecular complexity index is 729. The molecular weight excluding hydrogens is 306 g/mol. The summed E-state index contributed by atoms with van der Waals surface area (Å²) < 4.78 is 2.19. The van der Waals surface area contributed by atoms with Crippen molar-refractivity contribution in [3.05, 3.63) is 30.1 Å². The van der Waals surface area contributed by atoms with E-state index in [9.17, 15) is 4.79 Å². The van der Waals surface area contributed by atoms with Gasteiger partial charge in [0.15, 0.2) is 5.82 Å². The standard InChI is InChI=1S/C16H21N7O/c1-12(24)22-8-2-4-13(22)15-20-19-14-5-9-21(10-11-23(14)15)16-17-6-3-7-18-16/h3,6-7,13H,2,4-5,8-11H2,1H3. The van der Waals surface area contributed by atoms with Crippen LogP contribution in [0.25, 0.3) is 0 Å². The molecule has 1 saturated heterocycles. The van der Waals surface area contributed by atoms with E-state index in [-0.39, 0.29) is 11.9 Å². The summed E-state index contributed by atoms with van der Waals surface area (Å²) >= 11 is 0. The van der Waals surface area contributed by atoms with Crippen LogP contribution in [0.1, 0.15) is 37.5 Å². The van der Waals surface area contributed by atoms with Crippen molar-refractivity contribution in [1.29, 1.82) is 0 Å². The molecule has 1 unspecified atom stereocenters. The van der Waals surface area contributed by atoms with Crippen molar-refractivity contribution in [1.82, 2.24) is 29.6 Å². The fraction of sp³-hybridized carbons (Fsp3) is 0.562. The van der Waals surface area contributed by atoms with E-state index in [4.69, 9.17) is 0 Å². The topological polar surface area (TPSA) is 80.0 Å². The Morgan fingerprint density at radius 2 is 1.96 bits per heavy atom. The van der Waals surface area contributed by atoms with Crippen LogP contribution in [0, 0.1) is 0 Å². The Balaban J connectivity index is 1.57.